The summed E-state index contributed by atoms with van der Waals surface area (Å²) in [6.45, 7) is 10.0. The van der Waals surface area contributed by atoms with Gasteiger partial charge in [0.15, 0.2) is 21.4 Å². The number of anilines is 4. The van der Waals surface area contributed by atoms with Gasteiger partial charge in [0.1, 0.15) is 10.1 Å². The first kappa shape index (κ1) is 34.6. The van der Waals surface area contributed by atoms with Gasteiger partial charge in [-0.15, -0.1) is 0 Å². The number of hydrogen-bond acceptors (Lipinski definition) is 9. The first-order chi connectivity index (χ1) is 20.4. The third-order valence-corrected chi connectivity index (χ3v) is 10.5. The first-order valence-electron chi connectivity index (χ1n) is 13.7. The van der Waals surface area contributed by atoms with Crippen LogP contribution in [0.25, 0.3) is 0 Å². The van der Waals surface area contributed by atoms with Crippen LogP contribution < -0.4 is 40.2 Å². The van der Waals surface area contributed by atoms with Crippen molar-refractivity contribution in [3.63, 3.8) is 0 Å². The molecule has 4 aromatic rings. The maximum atomic E-state index is 14.0. The zero-order valence-corrected chi connectivity index (χ0v) is 29.9. The van der Waals surface area contributed by atoms with Crippen LogP contribution in [-0.2, 0) is 20.0 Å². The molecule has 0 spiro atoms. The Bertz CT molecular complexity index is 2020. The second kappa shape index (κ2) is 12.1. The molecule has 5 rings (SSSR count). The molecule has 0 aliphatic heterocycles. The van der Waals surface area contributed by atoms with Crippen molar-refractivity contribution >= 4 is 54.3 Å². The topological polar surface area (TPSA) is 150 Å². The van der Waals surface area contributed by atoms with Gasteiger partial charge in [0.05, 0.1) is 32.3 Å². The molecule has 1 aliphatic rings. The molecule has 12 heteroatoms. The van der Waals surface area contributed by atoms with E-state index >= 15 is 0 Å². The average molecular weight is 655 g/mol. The van der Waals surface area contributed by atoms with E-state index in [1.807, 2.05) is 6.92 Å². The summed E-state index contributed by atoms with van der Waals surface area (Å²) in [5, 5.41) is 6.41. The molecule has 0 radical (unpaired) electrons. The molecular weight excluding hydrogens is 623 g/mol. The molecule has 0 atom stereocenters. The number of benzene rings is 4. The Hall–Kier alpha value is -3.32. The largest absolute Gasteiger partial charge is 1.00 e. The average Bonchev–Trinajstić information content (AvgIpc) is 2.90. The minimum absolute atomic E-state index is 0. The van der Waals surface area contributed by atoms with Crippen LogP contribution in [0.5, 0.6) is 0 Å². The van der Waals surface area contributed by atoms with Crippen molar-refractivity contribution in [2.24, 2.45) is 0 Å². The van der Waals surface area contributed by atoms with Crippen LogP contribution in [0.4, 0.5) is 22.7 Å². The maximum absolute atomic E-state index is 14.0. The van der Waals surface area contributed by atoms with Gasteiger partial charge in [-0.1, -0.05) is 36.4 Å². The van der Waals surface area contributed by atoms with Crippen LogP contribution in [0, 0.1) is 41.5 Å². The number of nitrogens with one attached hydrogen (secondary N) is 2. The van der Waals surface area contributed by atoms with Crippen molar-refractivity contribution in [1.82, 2.24) is 0 Å². The molecule has 4 aromatic carbocycles. The van der Waals surface area contributed by atoms with Gasteiger partial charge in [-0.3, -0.25) is 9.59 Å². The molecule has 0 aromatic heterocycles. The Kier molecular flexibility index (Phi) is 9.31. The molecular formula is C33H31N2NaO7S2. The number of sulfone groups is 1. The molecule has 0 fully saturated rings. The Morgan fingerprint density at radius 1 is 0.600 bits per heavy atom. The number of aryl methyl sites for hydroxylation is 4. The Morgan fingerprint density at radius 2 is 0.978 bits per heavy atom. The summed E-state index contributed by atoms with van der Waals surface area (Å²) in [5.41, 5.74) is 4.91. The standard InChI is InChI=1S/C33H32N2O7S2.Na/c1-16-14-18(3)32(43(7,38)39)20(5)28(16)34-24-12-13-25(27-26(24)30(36)22-10-8-9-11-23(22)31(27)37)35-29-17(2)15-19(4)33(21(29)6)44(40,41)42;/h8-15,34-35H,1-7H3,(H,40,41,42);/q;+1/p-1. The van der Waals surface area contributed by atoms with E-state index < -0.39 is 31.5 Å². The number of ketones is 2. The smallest absolute Gasteiger partial charge is 0.744 e. The summed E-state index contributed by atoms with van der Waals surface area (Å²) in [6, 6.07) is 13.0. The van der Waals surface area contributed by atoms with Crippen molar-refractivity contribution < 1.29 is 60.5 Å². The normalized spacial score (nSPS) is 12.7. The molecule has 228 valence electrons. The number of carbonyl (C=O) groups is 2. The molecule has 0 unspecified atom stereocenters. The van der Waals surface area contributed by atoms with Crippen LogP contribution in [0.1, 0.15) is 65.2 Å². The molecule has 45 heavy (non-hydrogen) atoms. The van der Waals surface area contributed by atoms with Crippen molar-refractivity contribution in [3.8, 4) is 0 Å². The van der Waals surface area contributed by atoms with E-state index in [2.05, 4.69) is 10.6 Å². The van der Waals surface area contributed by atoms with Gasteiger partial charge in [-0.05, 0) is 87.1 Å². The summed E-state index contributed by atoms with van der Waals surface area (Å²) >= 11 is 0. The summed E-state index contributed by atoms with van der Waals surface area (Å²) in [4.78, 5) is 27.9. The number of rotatable bonds is 6. The van der Waals surface area contributed by atoms with Crippen molar-refractivity contribution in [3.05, 3.63) is 104 Å². The maximum Gasteiger partial charge on any atom is 1.00 e. The van der Waals surface area contributed by atoms with Crippen LogP contribution >= 0.6 is 0 Å². The van der Waals surface area contributed by atoms with Crippen LogP contribution in [0.15, 0.2) is 58.3 Å². The fourth-order valence-electron chi connectivity index (χ4n) is 6.38. The fourth-order valence-corrected chi connectivity index (χ4v) is 8.61. The van der Waals surface area contributed by atoms with Crippen molar-refractivity contribution in [2.75, 3.05) is 16.9 Å². The van der Waals surface area contributed by atoms with Crippen molar-refractivity contribution in [2.45, 2.75) is 51.3 Å². The van der Waals surface area contributed by atoms with E-state index in [1.165, 1.54) is 6.92 Å². The van der Waals surface area contributed by atoms with Crippen LogP contribution in [-0.4, -0.2) is 39.2 Å². The van der Waals surface area contributed by atoms with Gasteiger partial charge in [0.2, 0.25) is 0 Å². The number of hydrogen-bond donors (Lipinski definition) is 2. The Balaban J connectivity index is 0.00000461. The predicted octanol–water partition coefficient (Wildman–Crippen LogP) is 3.11. The second-order valence-corrected chi connectivity index (χ2v) is 14.5. The molecule has 0 saturated carbocycles. The third-order valence-electron chi connectivity index (χ3n) is 8.02. The fraction of sp³-hybridized carbons (Fsp3) is 0.212. The molecule has 0 bridgehead atoms. The predicted molar refractivity (Wildman–Crippen MR) is 169 cm³/mol. The molecule has 2 N–H and O–H groups in total. The minimum Gasteiger partial charge on any atom is -0.744 e. The van der Waals surface area contributed by atoms with E-state index in [-0.39, 0.29) is 72.9 Å². The van der Waals surface area contributed by atoms with Gasteiger partial charge >= 0.3 is 29.6 Å². The number of carbonyl (C=O) groups excluding carboxylic acids is 2. The quantitative estimate of drug-likeness (QED) is 0.208. The van der Waals surface area contributed by atoms with Gasteiger partial charge in [-0.25, -0.2) is 16.8 Å². The zero-order chi connectivity index (χ0) is 32.5. The molecule has 0 amide bonds. The molecule has 0 saturated heterocycles. The van der Waals surface area contributed by atoms with E-state index in [0.717, 1.165) is 11.8 Å². The Labute approximate surface area is 285 Å². The third kappa shape index (κ3) is 6.00. The molecule has 0 heterocycles. The summed E-state index contributed by atoms with van der Waals surface area (Å²) < 4.78 is 61.6. The summed E-state index contributed by atoms with van der Waals surface area (Å²) in [5.74, 6) is -0.832. The zero-order valence-electron chi connectivity index (χ0n) is 26.3. The van der Waals surface area contributed by atoms with Gasteiger partial charge < -0.3 is 15.2 Å². The van der Waals surface area contributed by atoms with E-state index in [4.69, 9.17) is 0 Å². The SMILES string of the molecule is Cc1cc(C)c(S(C)(=O)=O)c(C)c1Nc1ccc(Nc2c(C)cc(C)c(S(=O)(=O)[O-])c2C)c2c1C(=O)c1ccccc1C2=O.[Na+]. The van der Waals surface area contributed by atoms with Gasteiger partial charge in [-0.2, -0.15) is 0 Å². The van der Waals surface area contributed by atoms with E-state index in [9.17, 15) is 31.0 Å². The van der Waals surface area contributed by atoms with Gasteiger partial charge in [0, 0.05) is 28.8 Å². The first-order valence-corrected chi connectivity index (χ1v) is 17.0. The Morgan fingerprint density at radius 3 is 1.36 bits per heavy atom. The monoisotopic (exact) mass is 654 g/mol. The number of fused-ring (bicyclic) bond motifs is 2. The summed E-state index contributed by atoms with van der Waals surface area (Å²) in [7, 11) is -8.38. The summed E-state index contributed by atoms with van der Waals surface area (Å²) in [6.07, 6.45) is 1.14. The van der Waals surface area contributed by atoms with Gasteiger partial charge in [0.25, 0.3) is 0 Å². The van der Waals surface area contributed by atoms with Crippen LogP contribution in [0.2, 0.25) is 0 Å². The van der Waals surface area contributed by atoms with Crippen molar-refractivity contribution in [1.29, 1.82) is 0 Å². The van der Waals surface area contributed by atoms with E-state index in [1.54, 1.807) is 76.2 Å². The second-order valence-electron chi connectivity index (χ2n) is 11.3. The molecule has 9 nitrogen and oxygen atoms in total. The molecule has 1 aliphatic carbocycles. The van der Waals surface area contributed by atoms with Crippen LogP contribution in [0.3, 0.4) is 0 Å². The van der Waals surface area contributed by atoms with E-state index in [0.29, 0.717) is 39.3 Å². The minimum atomic E-state index is -4.80.